The number of hydrogen-bond acceptors (Lipinski definition) is 5. The van der Waals surface area contributed by atoms with E-state index in [1.54, 1.807) is 7.11 Å². The summed E-state index contributed by atoms with van der Waals surface area (Å²) in [5.41, 5.74) is 1.08. The van der Waals surface area contributed by atoms with Crippen molar-refractivity contribution in [1.29, 1.82) is 0 Å². The van der Waals surface area contributed by atoms with Crippen molar-refractivity contribution in [2.45, 2.75) is 18.6 Å². The van der Waals surface area contributed by atoms with Crippen molar-refractivity contribution in [3.63, 3.8) is 0 Å². The summed E-state index contributed by atoms with van der Waals surface area (Å²) in [6.45, 7) is 3.50. The van der Waals surface area contributed by atoms with Gasteiger partial charge in [-0.05, 0) is 18.6 Å². The number of rotatable bonds is 3. The first kappa shape index (κ1) is 15.1. The van der Waals surface area contributed by atoms with E-state index >= 15 is 0 Å². The Morgan fingerprint density at radius 1 is 1.27 bits per heavy atom. The highest BCUT2D eigenvalue weighted by Gasteiger charge is 2.32. The van der Waals surface area contributed by atoms with E-state index < -0.39 is 6.10 Å². The first-order chi connectivity index (χ1) is 10.7. The largest absolute Gasteiger partial charge is 0.495 e. The van der Waals surface area contributed by atoms with E-state index in [4.69, 9.17) is 4.74 Å². The number of aliphatic hydroxyl groups is 1. The van der Waals surface area contributed by atoms with Gasteiger partial charge in [-0.15, -0.1) is 0 Å². The number of amides is 1. The lowest BCUT2D eigenvalue weighted by Crippen LogP contribution is -2.53. The lowest BCUT2D eigenvalue weighted by molar-refractivity contribution is -0.133. The number of carbonyl (C=O) groups is 1. The molecule has 22 heavy (non-hydrogen) atoms. The van der Waals surface area contributed by atoms with Crippen LogP contribution in [0.1, 0.15) is 6.42 Å². The molecule has 2 N–H and O–H groups in total. The normalized spacial score (nSPS) is 25.4. The number of hydrogen-bond donors (Lipinski definition) is 2. The molecule has 0 saturated carbocycles. The summed E-state index contributed by atoms with van der Waals surface area (Å²) < 4.78 is 5.41. The maximum atomic E-state index is 12.4. The quantitative estimate of drug-likeness (QED) is 0.827. The van der Waals surface area contributed by atoms with Crippen molar-refractivity contribution in [2.75, 3.05) is 44.7 Å². The van der Waals surface area contributed by atoms with Gasteiger partial charge in [0.05, 0.1) is 24.9 Å². The summed E-state index contributed by atoms with van der Waals surface area (Å²) >= 11 is 0. The van der Waals surface area contributed by atoms with E-state index in [9.17, 15) is 9.90 Å². The van der Waals surface area contributed by atoms with Crippen molar-refractivity contribution in [1.82, 2.24) is 10.2 Å². The zero-order valence-corrected chi connectivity index (χ0v) is 12.9. The van der Waals surface area contributed by atoms with Gasteiger partial charge < -0.3 is 25.0 Å². The SMILES string of the molecule is COc1ccccc1N1CCN(C(=O)[C@@H]2C[C@H](O)CN2)CC1. The van der Waals surface area contributed by atoms with Gasteiger partial charge in [-0.1, -0.05) is 12.1 Å². The minimum absolute atomic E-state index is 0.108. The summed E-state index contributed by atoms with van der Waals surface area (Å²) in [4.78, 5) is 16.6. The predicted molar refractivity (Wildman–Crippen MR) is 84.2 cm³/mol. The van der Waals surface area contributed by atoms with Crippen LogP contribution in [-0.4, -0.2) is 67.9 Å². The number of nitrogens with zero attached hydrogens (tertiary/aromatic N) is 2. The molecule has 2 fully saturated rings. The van der Waals surface area contributed by atoms with Crippen molar-refractivity contribution >= 4 is 11.6 Å². The summed E-state index contributed by atoms with van der Waals surface area (Å²) in [5.74, 6) is 0.971. The van der Waals surface area contributed by atoms with E-state index in [0.29, 0.717) is 26.1 Å². The monoisotopic (exact) mass is 305 g/mol. The number of methoxy groups -OCH3 is 1. The van der Waals surface area contributed by atoms with Crippen molar-refractivity contribution < 1.29 is 14.6 Å². The molecular weight excluding hydrogens is 282 g/mol. The summed E-state index contributed by atoms with van der Waals surface area (Å²) in [5, 5.41) is 12.6. The highest BCUT2D eigenvalue weighted by molar-refractivity contribution is 5.82. The molecule has 0 spiro atoms. The van der Waals surface area contributed by atoms with E-state index in [2.05, 4.69) is 10.2 Å². The molecule has 1 aromatic carbocycles. The number of ether oxygens (including phenoxy) is 1. The van der Waals surface area contributed by atoms with Crippen LogP contribution in [-0.2, 0) is 4.79 Å². The molecule has 2 aliphatic heterocycles. The fraction of sp³-hybridized carbons (Fsp3) is 0.562. The van der Waals surface area contributed by atoms with E-state index in [1.807, 2.05) is 29.2 Å². The third kappa shape index (κ3) is 3.03. The molecule has 0 aliphatic carbocycles. The van der Waals surface area contributed by atoms with Gasteiger partial charge in [0, 0.05) is 32.7 Å². The Labute approximate surface area is 130 Å². The molecule has 0 bridgehead atoms. The number of piperazine rings is 1. The molecule has 6 nitrogen and oxygen atoms in total. The van der Waals surface area contributed by atoms with Gasteiger partial charge in [0.2, 0.25) is 5.91 Å². The van der Waals surface area contributed by atoms with Crippen LogP contribution in [0.4, 0.5) is 5.69 Å². The highest BCUT2D eigenvalue weighted by Crippen LogP contribution is 2.28. The maximum Gasteiger partial charge on any atom is 0.239 e. The van der Waals surface area contributed by atoms with Gasteiger partial charge in [-0.25, -0.2) is 0 Å². The minimum atomic E-state index is -0.399. The molecule has 1 aromatic rings. The molecule has 6 heteroatoms. The molecule has 2 saturated heterocycles. The second kappa shape index (κ2) is 6.54. The fourth-order valence-corrected chi connectivity index (χ4v) is 3.18. The molecule has 3 rings (SSSR count). The van der Waals surface area contributed by atoms with Crippen molar-refractivity contribution in [3.05, 3.63) is 24.3 Å². The van der Waals surface area contributed by atoms with Crippen LogP contribution >= 0.6 is 0 Å². The van der Waals surface area contributed by atoms with Crippen LogP contribution in [0.25, 0.3) is 0 Å². The van der Waals surface area contributed by atoms with Crippen LogP contribution in [0, 0.1) is 0 Å². The van der Waals surface area contributed by atoms with Gasteiger partial charge >= 0.3 is 0 Å². The lowest BCUT2D eigenvalue weighted by atomic mass is 10.1. The van der Waals surface area contributed by atoms with Crippen LogP contribution in [0.2, 0.25) is 0 Å². The third-order valence-electron chi connectivity index (χ3n) is 4.42. The lowest BCUT2D eigenvalue weighted by Gasteiger charge is -2.37. The molecule has 2 aliphatic rings. The number of anilines is 1. The zero-order valence-electron chi connectivity index (χ0n) is 12.9. The molecule has 2 heterocycles. The number of benzene rings is 1. The summed E-state index contributed by atoms with van der Waals surface area (Å²) in [6.07, 6.45) is 0.120. The summed E-state index contributed by atoms with van der Waals surface area (Å²) in [7, 11) is 1.68. The molecule has 1 amide bonds. The van der Waals surface area contributed by atoms with Crippen LogP contribution in [0.15, 0.2) is 24.3 Å². The van der Waals surface area contributed by atoms with Gasteiger partial charge in [0.1, 0.15) is 5.75 Å². The number of β-amino-alcohol motifs (C(OH)–C–C–N with tert-alkyl or cyclic N) is 1. The van der Waals surface area contributed by atoms with Crippen LogP contribution < -0.4 is 15.0 Å². The first-order valence-electron chi connectivity index (χ1n) is 7.77. The van der Waals surface area contributed by atoms with Gasteiger partial charge in [-0.2, -0.15) is 0 Å². The smallest absolute Gasteiger partial charge is 0.239 e. The van der Waals surface area contributed by atoms with Gasteiger partial charge in [0.15, 0.2) is 0 Å². The molecule has 2 atom stereocenters. The third-order valence-corrected chi connectivity index (χ3v) is 4.42. The second-order valence-corrected chi connectivity index (χ2v) is 5.83. The molecule has 120 valence electrons. The fourth-order valence-electron chi connectivity index (χ4n) is 3.18. The number of aliphatic hydroxyl groups excluding tert-OH is 1. The first-order valence-corrected chi connectivity index (χ1v) is 7.77. The second-order valence-electron chi connectivity index (χ2n) is 5.83. The Balaban J connectivity index is 1.59. The number of para-hydroxylation sites is 2. The molecule has 0 aromatic heterocycles. The maximum absolute atomic E-state index is 12.4. The van der Waals surface area contributed by atoms with Crippen molar-refractivity contribution in [2.24, 2.45) is 0 Å². The zero-order chi connectivity index (χ0) is 15.5. The predicted octanol–water partition coefficient (Wildman–Crippen LogP) is 0.0666. The molecular formula is C16H23N3O3. The standard InChI is InChI=1S/C16H23N3O3/c1-22-15-5-3-2-4-14(15)18-6-8-19(9-7-18)16(21)13-10-12(20)11-17-13/h2-5,12-13,17,20H,6-11H2,1H3/t12-,13-/m0/s1. The Kier molecular flexibility index (Phi) is 4.49. The summed E-state index contributed by atoms with van der Waals surface area (Å²) in [6, 6.07) is 7.73. The van der Waals surface area contributed by atoms with E-state index in [0.717, 1.165) is 24.5 Å². The van der Waals surface area contributed by atoms with E-state index in [1.165, 1.54) is 0 Å². The van der Waals surface area contributed by atoms with E-state index in [-0.39, 0.29) is 11.9 Å². The number of carbonyl (C=O) groups excluding carboxylic acids is 1. The topological polar surface area (TPSA) is 65.0 Å². The molecule has 0 radical (unpaired) electrons. The Hall–Kier alpha value is -1.79. The van der Waals surface area contributed by atoms with Gasteiger partial charge in [-0.3, -0.25) is 4.79 Å². The van der Waals surface area contributed by atoms with Gasteiger partial charge in [0.25, 0.3) is 0 Å². The van der Waals surface area contributed by atoms with Crippen LogP contribution in [0.5, 0.6) is 5.75 Å². The van der Waals surface area contributed by atoms with Crippen molar-refractivity contribution in [3.8, 4) is 5.75 Å². The van der Waals surface area contributed by atoms with Crippen LogP contribution in [0.3, 0.4) is 0 Å². The number of nitrogens with one attached hydrogen (secondary N) is 1. The minimum Gasteiger partial charge on any atom is -0.495 e. The Morgan fingerprint density at radius 3 is 2.64 bits per heavy atom. The highest BCUT2D eigenvalue weighted by atomic mass is 16.5. The average Bonchev–Trinajstić information content (AvgIpc) is 3.01. The Morgan fingerprint density at radius 2 is 2.00 bits per heavy atom. The Bertz CT molecular complexity index is 529. The molecule has 0 unspecified atom stereocenters. The average molecular weight is 305 g/mol.